The van der Waals surface area contributed by atoms with E-state index in [4.69, 9.17) is 4.74 Å². The summed E-state index contributed by atoms with van der Waals surface area (Å²) in [5.41, 5.74) is -0.124. The molecule has 94 valence electrons. The predicted octanol–water partition coefficient (Wildman–Crippen LogP) is 2.70. The Labute approximate surface area is 103 Å². The first-order valence-corrected chi connectivity index (χ1v) is 5.38. The summed E-state index contributed by atoms with van der Waals surface area (Å²) in [5, 5.41) is 0.170. The number of methoxy groups -OCH3 is 1. The van der Waals surface area contributed by atoms with Crippen LogP contribution in [0.15, 0.2) is 6.07 Å². The van der Waals surface area contributed by atoms with Gasteiger partial charge in [-0.05, 0) is 6.07 Å². The molecule has 0 unspecified atom stereocenters. The lowest BCUT2D eigenvalue weighted by Crippen LogP contribution is -2.19. The van der Waals surface area contributed by atoms with E-state index >= 15 is 0 Å². The van der Waals surface area contributed by atoms with Gasteiger partial charge in [-0.2, -0.15) is 0 Å². The molecular formula is C9H7BrF3NO3. The van der Waals surface area contributed by atoms with Crippen LogP contribution in [0.2, 0.25) is 0 Å². The van der Waals surface area contributed by atoms with Gasteiger partial charge in [0.1, 0.15) is 5.75 Å². The Hall–Kier alpha value is -1.31. The summed E-state index contributed by atoms with van der Waals surface area (Å²) in [6.45, 7) is 0. The number of nitrogens with zero attached hydrogens (tertiary/aromatic N) is 1. The molecule has 0 atom stereocenters. The molecule has 0 saturated carbocycles. The summed E-state index contributed by atoms with van der Waals surface area (Å²) in [4.78, 5) is 14.2. The number of alkyl halides is 4. The molecule has 0 spiro atoms. The van der Waals surface area contributed by atoms with E-state index in [9.17, 15) is 18.0 Å². The van der Waals surface area contributed by atoms with Gasteiger partial charge in [0.2, 0.25) is 5.88 Å². The molecule has 4 nitrogen and oxygen atoms in total. The number of aldehydes is 1. The van der Waals surface area contributed by atoms with Crippen molar-refractivity contribution in [1.82, 2.24) is 4.98 Å². The maximum absolute atomic E-state index is 12.1. The molecule has 0 N–H and O–H groups in total. The Bertz CT molecular complexity index is 423. The molecule has 0 saturated heterocycles. The molecule has 17 heavy (non-hydrogen) atoms. The monoisotopic (exact) mass is 313 g/mol. The maximum Gasteiger partial charge on any atom is 0.574 e. The van der Waals surface area contributed by atoms with Crippen LogP contribution >= 0.6 is 15.9 Å². The second kappa shape index (κ2) is 5.35. The summed E-state index contributed by atoms with van der Waals surface area (Å²) in [7, 11) is 1.32. The van der Waals surface area contributed by atoms with E-state index in [1.165, 1.54) is 7.11 Å². The summed E-state index contributed by atoms with van der Waals surface area (Å²) < 4.78 is 44.7. The van der Waals surface area contributed by atoms with E-state index in [1.54, 1.807) is 0 Å². The van der Waals surface area contributed by atoms with Crippen LogP contribution in [-0.2, 0) is 5.33 Å². The number of pyridine rings is 1. The average Bonchev–Trinajstić information content (AvgIpc) is 2.26. The first kappa shape index (κ1) is 13.8. The number of rotatable bonds is 4. The van der Waals surface area contributed by atoms with E-state index < -0.39 is 12.2 Å². The van der Waals surface area contributed by atoms with Crippen LogP contribution in [0.25, 0.3) is 0 Å². The van der Waals surface area contributed by atoms with Crippen LogP contribution in [0.1, 0.15) is 16.1 Å². The van der Waals surface area contributed by atoms with Crippen molar-refractivity contribution >= 4 is 22.2 Å². The van der Waals surface area contributed by atoms with Gasteiger partial charge < -0.3 is 9.47 Å². The van der Waals surface area contributed by atoms with E-state index in [-0.39, 0.29) is 28.6 Å². The molecule has 1 rings (SSSR count). The predicted molar refractivity (Wildman–Crippen MR) is 55.5 cm³/mol. The third kappa shape index (κ3) is 3.58. The van der Waals surface area contributed by atoms with Crippen LogP contribution in [0.3, 0.4) is 0 Å². The summed E-state index contributed by atoms with van der Waals surface area (Å²) in [5.74, 6) is -0.582. The topological polar surface area (TPSA) is 48.4 Å². The van der Waals surface area contributed by atoms with Crippen molar-refractivity contribution in [3.8, 4) is 11.6 Å². The molecular weight excluding hydrogens is 307 g/mol. The molecule has 0 amide bonds. The lowest BCUT2D eigenvalue weighted by molar-refractivity contribution is -0.276. The van der Waals surface area contributed by atoms with E-state index in [2.05, 4.69) is 25.7 Å². The van der Waals surface area contributed by atoms with Gasteiger partial charge in [-0.1, -0.05) is 15.9 Å². The van der Waals surface area contributed by atoms with Crippen LogP contribution in [0.4, 0.5) is 13.2 Å². The van der Waals surface area contributed by atoms with Crippen LogP contribution in [0.5, 0.6) is 11.6 Å². The molecule has 0 aliphatic carbocycles. The zero-order valence-electron chi connectivity index (χ0n) is 8.55. The molecule has 0 aliphatic rings. The lowest BCUT2D eigenvalue weighted by Gasteiger charge is -2.12. The SMILES string of the molecule is COc1cc(C=O)c(OC(F)(F)F)nc1CBr. The van der Waals surface area contributed by atoms with Gasteiger partial charge in [-0.3, -0.25) is 4.79 Å². The molecule has 1 heterocycles. The van der Waals surface area contributed by atoms with Gasteiger partial charge in [0.25, 0.3) is 0 Å². The Morgan fingerprint density at radius 1 is 1.53 bits per heavy atom. The molecule has 0 fully saturated rings. The van der Waals surface area contributed by atoms with Crippen LogP contribution in [-0.4, -0.2) is 24.7 Å². The molecule has 0 aliphatic heterocycles. The van der Waals surface area contributed by atoms with Gasteiger partial charge in [0.05, 0.1) is 18.4 Å². The fraction of sp³-hybridized carbons (Fsp3) is 0.333. The Morgan fingerprint density at radius 3 is 2.59 bits per heavy atom. The highest BCUT2D eigenvalue weighted by Crippen LogP contribution is 2.29. The minimum absolute atomic E-state index is 0.170. The molecule has 0 radical (unpaired) electrons. The van der Waals surface area contributed by atoms with E-state index in [0.29, 0.717) is 0 Å². The van der Waals surface area contributed by atoms with Gasteiger partial charge in [0.15, 0.2) is 6.29 Å². The third-order valence-corrected chi connectivity index (χ3v) is 2.27. The molecule has 0 aromatic carbocycles. The zero-order valence-corrected chi connectivity index (χ0v) is 10.1. The van der Waals surface area contributed by atoms with Gasteiger partial charge in [-0.25, -0.2) is 4.98 Å². The smallest absolute Gasteiger partial charge is 0.495 e. The Balaban J connectivity index is 3.24. The zero-order chi connectivity index (χ0) is 13.1. The molecule has 1 aromatic heterocycles. The number of hydrogen-bond donors (Lipinski definition) is 0. The van der Waals surface area contributed by atoms with Gasteiger partial charge in [-0.15, -0.1) is 13.2 Å². The number of ether oxygens (including phenoxy) is 2. The van der Waals surface area contributed by atoms with Gasteiger partial charge >= 0.3 is 6.36 Å². The standard InChI is InChI=1S/C9H7BrF3NO3/c1-16-7-2-5(4-15)8(14-6(7)3-10)17-9(11,12)13/h2,4H,3H2,1H3. The summed E-state index contributed by atoms with van der Waals surface area (Å²) >= 11 is 3.04. The van der Waals surface area contributed by atoms with Crippen molar-refractivity contribution in [3.63, 3.8) is 0 Å². The highest BCUT2D eigenvalue weighted by Gasteiger charge is 2.33. The van der Waals surface area contributed by atoms with Crippen molar-refractivity contribution < 1.29 is 27.4 Å². The highest BCUT2D eigenvalue weighted by molar-refractivity contribution is 9.08. The van der Waals surface area contributed by atoms with Crippen molar-refractivity contribution in [3.05, 3.63) is 17.3 Å². The first-order chi connectivity index (χ1) is 7.91. The van der Waals surface area contributed by atoms with Crippen molar-refractivity contribution in [1.29, 1.82) is 0 Å². The Kier molecular flexibility index (Phi) is 4.33. The number of aromatic nitrogens is 1. The number of carbonyl (C=O) groups is 1. The minimum atomic E-state index is -4.90. The van der Waals surface area contributed by atoms with E-state index in [0.717, 1.165) is 6.07 Å². The summed E-state index contributed by atoms with van der Waals surface area (Å²) in [6.07, 6.45) is -4.68. The first-order valence-electron chi connectivity index (χ1n) is 4.26. The lowest BCUT2D eigenvalue weighted by atomic mass is 10.2. The molecule has 0 bridgehead atoms. The van der Waals surface area contributed by atoms with Crippen LogP contribution in [0, 0.1) is 0 Å². The fourth-order valence-electron chi connectivity index (χ4n) is 1.08. The van der Waals surface area contributed by atoms with Crippen molar-refractivity contribution in [2.24, 2.45) is 0 Å². The Morgan fingerprint density at radius 2 is 2.18 bits per heavy atom. The van der Waals surface area contributed by atoms with Crippen molar-refractivity contribution in [2.75, 3.05) is 7.11 Å². The fourth-order valence-corrected chi connectivity index (χ4v) is 1.48. The number of hydrogen-bond acceptors (Lipinski definition) is 4. The van der Waals surface area contributed by atoms with Crippen molar-refractivity contribution in [2.45, 2.75) is 11.7 Å². The largest absolute Gasteiger partial charge is 0.574 e. The quantitative estimate of drug-likeness (QED) is 0.633. The molecule has 1 aromatic rings. The number of halogens is 4. The highest BCUT2D eigenvalue weighted by atomic mass is 79.9. The second-order valence-corrected chi connectivity index (χ2v) is 3.39. The summed E-state index contributed by atoms with van der Waals surface area (Å²) in [6, 6.07) is 1.14. The van der Waals surface area contributed by atoms with Crippen LogP contribution < -0.4 is 9.47 Å². The average molecular weight is 314 g/mol. The molecule has 8 heteroatoms. The minimum Gasteiger partial charge on any atom is -0.495 e. The number of carbonyl (C=O) groups excluding carboxylic acids is 1. The third-order valence-electron chi connectivity index (χ3n) is 1.74. The van der Waals surface area contributed by atoms with Gasteiger partial charge in [0, 0.05) is 5.33 Å². The normalized spacial score (nSPS) is 11.1. The maximum atomic E-state index is 12.1. The van der Waals surface area contributed by atoms with E-state index in [1.807, 2.05) is 0 Å². The second-order valence-electron chi connectivity index (χ2n) is 2.83.